The average Bonchev–Trinajstić information content (AvgIpc) is 3.82. The Kier molecular flexibility index (Phi) is 12.9. The molecule has 0 saturated carbocycles. The summed E-state index contributed by atoms with van der Waals surface area (Å²) in [6.45, 7) is 7.78. The van der Waals surface area contributed by atoms with Crippen LogP contribution in [-0.2, 0) is 20.9 Å². The third-order valence-electron chi connectivity index (χ3n) is 12.4. The van der Waals surface area contributed by atoms with Crippen molar-refractivity contribution in [2.75, 3.05) is 57.3 Å². The van der Waals surface area contributed by atoms with Gasteiger partial charge in [-0.1, -0.05) is 43.9 Å². The van der Waals surface area contributed by atoms with Crippen LogP contribution >= 0.6 is 22.9 Å². The molecule has 4 amide bonds. The molecule has 1 N–H and O–H groups in total. The number of carbonyl (C=O) groups is 4. The molecule has 318 valence electrons. The van der Waals surface area contributed by atoms with Gasteiger partial charge in [0, 0.05) is 66.8 Å². The number of aromatic nitrogens is 2. The Morgan fingerprint density at radius 3 is 2.50 bits per heavy atom. The molecule has 12 nitrogen and oxygen atoms in total. The largest absolute Gasteiger partial charge is 0.493 e. The van der Waals surface area contributed by atoms with Gasteiger partial charge < -0.3 is 24.3 Å². The molecule has 0 spiro atoms. The number of carbonyl (C=O) groups excluding carboxylic acids is 4. The molecule has 1 unspecified atom stereocenters. The van der Waals surface area contributed by atoms with Crippen molar-refractivity contribution in [1.82, 2.24) is 30.0 Å². The van der Waals surface area contributed by atoms with Gasteiger partial charge in [0.05, 0.1) is 22.8 Å². The summed E-state index contributed by atoms with van der Waals surface area (Å²) in [6.07, 6.45) is 9.32. The smallest absolute Gasteiger partial charge is 0.256 e. The molecule has 16 heteroatoms. The number of fused-ring (bicyclic) bond motifs is 2. The molecule has 4 aliphatic rings. The second-order valence-electron chi connectivity index (χ2n) is 16.1. The van der Waals surface area contributed by atoms with Crippen molar-refractivity contribution in [3.63, 3.8) is 0 Å². The maximum atomic E-state index is 16.4. The molecule has 2 aromatic heterocycles. The van der Waals surface area contributed by atoms with E-state index in [1.165, 1.54) is 17.3 Å². The first kappa shape index (κ1) is 42.0. The molecule has 2 aromatic carbocycles. The van der Waals surface area contributed by atoms with Crippen LogP contribution in [0.5, 0.6) is 5.75 Å². The van der Waals surface area contributed by atoms with Crippen LogP contribution in [0.2, 0.25) is 5.02 Å². The lowest BCUT2D eigenvalue weighted by Gasteiger charge is -2.35. The molecule has 3 saturated heterocycles. The highest BCUT2D eigenvalue weighted by Gasteiger charge is 2.41. The number of unbranched alkanes of at least 4 members (excludes halogenated alkanes) is 4. The average molecular weight is 862 g/mol. The second kappa shape index (κ2) is 18.5. The minimum Gasteiger partial charge on any atom is -0.493 e. The maximum Gasteiger partial charge on any atom is 0.256 e. The zero-order valence-corrected chi connectivity index (χ0v) is 35.4. The molecule has 0 radical (unpaired) electrons. The summed E-state index contributed by atoms with van der Waals surface area (Å²) >= 11 is 8.40. The van der Waals surface area contributed by atoms with Crippen LogP contribution in [0, 0.1) is 11.6 Å². The number of thiophene rings is 1. The fourth-order valence-corrected chi connectivity index (χ4v) is 10.7. The van der Waals surface area contributed by atoms with Crippen molar-refractivity contribution in [3.8, 4) is 16.9 Å². The Morgan fingerprint density at radius 2 is 1.73 bits per heavy atom. The molecule has 1 atom stereocenters. The number of hydrogen-bond donors (Lipinski definition) is 1. The van der Waals surface area contributed by atoms with Crippen LogP contribution in [0.3, 0.4) is 0 Å². The van der Waals surface area contributed by atoms with Crippen LogP contribution < -0.4 is 15.0 Å². The number of nitrogens with zero attached hydrogens (tertiary/aromatic N) is 6. The van der Waals surface area contributed by atoms with Crippen molar-refractivity contribution in [2.24, 2.45) is 0 Å². The lowest BCUT2D eigenvalue weighted by Crippen LogP contribution is -2.52. The summed E-state index contributed by atoms with van der Waals surface area (Å²) in [5, 5.41) is 4.77. The molecular weight excluding hydrogens is 812 g/mol. The summed E-state index contributed by atoms with van der Waals surface area (Å²) in [5.41, 5.74) is 1.67. The number of piperidine rings is 2. The van der Waals surface area contributed by atoms with Crippen molar-refractivity contribution in [2.45, 2.75) is 89.6 Å². The number of benzene rings is 2. The number of anilines is 1. The first-order valence-electron chi connectivity index (χ1n) is 21.2. The molecule has 6 heterocycles. The predicted octanol–water partition coefficient (Wildman–Crippen LogP) is 7.32. The van der Waals surface area contributed by atoms with Crippen LogP contribution in [0.4, 0.5) is 14.6 Å². The Balaban J connectivity index is 0.788. The van der Waals surface area contributed by atoms with Gasteiger partial charge in [0.2, 0.25) is 17.7 Å². The first-order valence-corrected chi connectivity index (χ1v) is 22.4. The lowest BCUT2D eigenvalue weighted by molar-refractivity contribution is -0.137. The molecule has 0 aliphatic carbocycles. The topological polar surface area (TPSA) is 128 Å². The van der Waals surface area contributed by atoms with E-state index in [0.29, 0.717) is 74.9 Å². The minimum atomic E-state index is -0.745. The number of hydrogen-bond acceptors (Lipinski definition) is 10. The van der Waals surface area contributed by atoms with Gasteiger partial charge in [0.1, 0.15) is 35.3 Å². The van der Waals surface area contributed by atoms with Crippen LogP contribution in [0.15, 0.2) is 36.0 Å². The van der Waals surface area contributed by atoms with E-state index in [2.05, 4.69) is 20.2 Å². The Labute approximate surface area is 357 Å². The van der Waals surface area contributed by atoms with Gasteiger partial charge in [-0.25, -0.2) is 18.7 Å². The van der Waals surface area contributed by atoms with E-state index < -0.39 is 17.7 Å². The normalized spacial score (nSPS) is 19.0. The van der Waals surface area contributed by atoms with Gasteiger partial charge >= 0.3 is 0 Å². The lowest BCUT2D eigenvalue weighted by atomic mass is 9.92. The van der Waals surface area contributed by atoms with Gasteiger partial charge in [-0.2, -0.15) is 0 Å². The third kappa shape index (κ3) is 8.58. The Morgan fingerprint density at radius 1 is 0.967 bits per heavy atom. The summed E-state index contributed by atoms with van der Waals surface area (Å²) in [4.78, 5) is 67.4. The fourth-order valence-electron chi connectivity index (χ4n) is 9.14. The number of rotatable bonds is 14. The van der Waals surface area contributed by atoms with Crippen LogP contribution in [0.25, 0.3) is 22.0 Å². The van der Waals surface area contributed by atoms with E-state index in [4.69, 9.17) is 16.3 Å². The molecule has 0 bridgehead atoms. The number of amides is 4. The SMILES string of the molecule is CCC(=O)N1CCN(c2ncnc3c(F)c(-c4c(F)cccc4OCCCCCCCN4CCC(c5scc6c5CN(C5CCC(=O)NC5=O)C6=O)CC4)c(Cl)cc23)CC1. The summed E-state index contributed by atoms with van der Waals surface area (Å²) < 4.78 is 37.9. The zero-order chi connectivity index (χ0) is 41.9. The molecule has 3 fully saturated rings. The van der Waals surface area contributed by atoms with Gasteiger partial charge in [-0.15, -0.1) is 11.3 Å². The minimum absolute atomic E-state index is 0.0277. The highest BCUT2D eigenvalue weighted by Crippen LogP contribution is 2.43. The van der Waals surface area contributed by atoms with Crippen molar-refractivity contribution in [3.05, 3.63) is 68.6 Å². The summed E-state index contributed by atoms with van der Waals surface area (Å²) in [6, 6.07) is 5.44. The van der Waals surface area contributed by atoms with Gasteiger partial charge in [-0.05, 0) is 81.4 Å². The summed E-state index contributed by atoms with van der Waals surface area (Å²) in [5.74, 6) is -0.930. The number of piperazine rings is 1. The molecule has 4 aliphatic heterocycles. The molecule has 8 rings (SSSR count). The summed E-state index contributed by atoms with van der Waals surface area (Å²) in [7, 11) is 0. The number of likely N-dealkylation sites (tertiary alicyclic amines) is 1. The highest BCUT2D eigenvalue weighted by molar-refractivity contribution is 7.10. The fraction of sp³-hybridized carbons (Fsp3) is 0.500. The van der Waals surface area contributed by atoms with Crippen LogP contribution in [-0.4, -0.2) is 107 Å². The van der Waals surface area contributed by atoms with E-state index in [1.807, 2.05) is 22.1 Å². The van der Waals surface area contributed by atoms with Gasteiger partial charge in [0.15, 0.2) is 5.82 Å². The predicted molar refractivity (Wildman–Crippen MR) is 226 cm³/mol. The number of imide groups is 1. The van der Waals surface area contributed by atoms with Crippen molar-refractivity contribution < 1.29 is 32.7 Å². The number of halogens is 3. The maximum absolute atomic E-state index is 16.4. The zero-order valence-electron chi connectivity index (χ0n) is 33.8. The Hall–Kier alpha value is -4.73. The molecule has 4 aromatic rings. The Bertz CT molecular complexity index is 2280. The first-order chi connectivity index (χ1) is 29.1. The quantitative estimate of drug-likeness (QED) is 0.103. The van der Waals surface area contributed by atoms with Crippen molar-refractivity contribution >= 4 is 63.3 Å². The van der Waals surface area contributed by atoms with E-state index >= 15 is 8.78 Å². The highest BCUT2D eigenvalue weighted by atomic mass is 35.5. The standard InChI is InChI=1S/C44H50ClF2N7O5S/c1-2-36(56)52-18-20-53(21-19-52)42-28-23-31(45)37(39(47)40(28)48-26-49-42)38-32(46)9-8-10-34(38)59-22-7-5-3-4-6-15-51-16-13-27(14-17-51)41-29-24-54(44(58)30(29)25-60-41)33-11-12-35(55)50-43(33)57/h8-10,23,25-27,33H,2-7,11-22,24H2,1H3,(H,50,55,57). The monoisotopic (exact) mass is 861 g/mol. The van der Waals surface area contributed by atoms with E-state index in [-0.39, 0.29) is 57.5 Å². The van der Waals surface area contributed by atoms with E-state index in [0.717, 1.165) is 70.1 Å². The van der Waals surface area contributed by atoms with E-state index in [9.17, 15) is 19.2 Å². The van der Waals surface area contributed by atoms with Crippen molar-refractivity contribution in [1.29, 1.82) is 0 Å². The number of ether oxygens (including phenoxy) is 1. The third-order valence-corrected chi connectivity index (χ3v) is 13.9. The van der Waals surface area contributed by atoms with Gasteiger partial charge in [0.25, 0.3) is 5.91 Å². The molecular formula is C44H50ClF2N7O5S. The van der Waals surface area contributed by atoms with E-state index in [1.54, 1.807) is 34.4 Å². The second-order valence-corrected chi connectivity index (χ2v) is 17.4. The van der Waals surface area contributed by atoms with Crippen LogP contribution in [0.1, 0.15) is 97.8 Å². The number of nitrogens with one attached hydrogen (secondary N) is 1. The van der Waals surface area contributed by atoms with Gasteiger partial charge in [-0.3, -0.25) is 24.5 Å². The molecule has 60 heavy (non-hydrogen) atoms.